The van der Waals surface area contributed by atoms with Gasteiger partial charge in [0.2, 0.25) is 0 Å². The van der Waals surface area contributed by atoms with Crippen LogP contribution in [-0.4, -0.2) is 25.4 Å². The summed E-state index contributed by atoms with van der Waals surface area (Å²) in [4.78, 5) is 0. The Morgan fingerprint density at radius 2 is 1.76 bits per heavy atom. The van der Waals surface area contributed by atoms with E-state index in [1.807, 2.05) is 32.9 Å². The average Bonchev–Trinajstić information content (AvgIpc) is 2.19. The van der Waals surface area contributed by atoms with Crippen LogP contribution < -0.4 is 10.5 Å². The maximum atomic E-state index is 5.90. The first-order valence-electron chi connectivity index (χ1n) is 5.93. The van der Waals surface area contributed by atoms with Crippen molar-refractivity contribution < 1.29 is 9.47 Å². The van der Waals surface area contributed by atoms with E-state index in [0.29, 0.717) is 6.61 Å². The Balaban J connectivity index is 2.56. The average molecular weight is 237 g/mol. The number of hydrogen-bond acceptors (Lipinski definition) is 3. The molecule has 0 radical (unpaired) electrons. The van der Waals surface area contributed by atoms with Gasteiger partial charge in [-0.3, -0.25) is 0 Å². The van der Waals surface area contributed by atoms with E-state index >= 15 is 0 Å². The summed E-state index contributed by atoms with van der Waals surface area (Å²) in [6, 6.07) is 8.13. The quantitative estimate of drug-likeness (QED) is 0.855. The maximum absolute atomic E-state index is 5.90. The van der Waals surface area contributed by atoms with E-state index in [2.05, 4.69) is 12.1 Å². The van der Waals surface area contributed by atoms with Crippen molar-refractivity contribution >= 4 is 0 Å². The highest BCUT2D eigenvalue weighted by atomic mass is 16.5. The van der Waals surface area contributed by atoms with Gasteiger partial charge in [0.05, 0.1) is 6.61 Å². The van der Waals surface area contributed by atoms with Gasteiger partial charge in [0.25, 0.3) is 0 Å². The van der Waals surface area contributed by atoms with E-state index in [4.69, 9.17) is 15.2 Å². The molecule has 3 heteroatoms. The van der Waals surface area contributed by atoms with Crippen LogP contribution in [0.5, 0.6) is 5.75 Å². The zero-order valence-corrected chi connectivity index (χ0v) is 11.2. The van der Waals surface area contributed by atoms with E-state index in [1.165, 1.54) is 5.56 Å². The molecule has 0 bridgehead atoms. The topological polar surface area (TPSA) is 44.5 Å². The molecule has 0 fully saturated rings. The van der Waals surface area contributed by atoms with Gasteiger partial charge in [-0.15, -0.1) is 0 Å². The fourth-order valence-electron chi connectivity index (χ4n) is 1.62. The van der Waals surface area contributed by atoms with Gasteiger partial charge in [-0.25, -0.2) is 0 Å². The zero-order valence-electron chi connectivity index (χ0n) is 11.2. The minimum Gasteiger partial charge on any atom is -0.488 e. The summed E-state index contributed by atoms with van der Waals surface area (Å²) in [6.45, 7) is 6.69. The van der Waals surface area contributed by atoms with Gasteiger partial charge in [0.15, 0.2) is 0 Å². The number of nitrogens with two attached hydrogens (primary N) is 1. The van der Waals surface area contributed by atoms with Crippen molar-refractivity contribution in [3.05, 3.63) is 29.8 Å². The summed E-state index contributed by atoms with van der Waals surface area (Å²) in [5.74, 6) is 0.890. The first-order chi connectivity index (χ1) is 7.90. The van der Waals surface area contributed by atoms with E-state index in [1.54, 1.807) is 7.11 Å². The van der Waals surface area contributed by atoms with E-state index in [-0.39, 0.29) is 11.6 Å². The summed E-state index contributed by atoms with van der Waals surface area (Å²) >= 11 is 0. The summed E-state index contributed by atoms with van der Waals surface area (Å²) in [5.41, 5.74) is 6.95. The third-order valence-corrected chi connectivity index (χ3v) is 2.23. The Kier molecular flexibility index (Phi) is 4.97. The Morgan fingerprint density at radius 3 is 2.24 bits per heavy atom. The number of benzene rings is 1. The molecule has 0 saturated heterocycles. The summed E-state index contributed by atoms with van der Waals surface area (Å²) < 4.78 is 10.8. The van der Waals surface area contributed by atoms with Crippen molar-refractivity contribution in [2.45, 2.75) is 38.8 Å². The highest BCUT2D eigenvalue weighted by Crippen LogP contribution is 2.18. The Hall–Kier alpha value is -1.06. The molecular formula is C14H23NO2. The number of methoxy groups -OCH3 is 1. The highest BCUT2D eigenvalue weighted by Gasteiger charge is 2.11. The van der Waals surface area contributed by atoms with Crippen LogP contribution in [0, 0.1) is 0 Å². The molecule has 0 aromatic heterocycles. The molecule has 0 aliphatic carbocycles. The lowest BCUT2D eigenvalue weighted by Gasteiger charge is -2.21. The van der Waals surface area contributed by atoms with Crippen LogP contribution in [0.4, 0.5) is 0 Å². The second kappa shape index (κ2) is 6.03. The molecule has 1 atom stereocenters. The number of hydrogen-bond donors (Lipinski definition) is 1. The predicted molar refractivity (Wildman–Crippen MR) is 70.4 cm³/mol. The second-order valence-corrected chi connectivity index (χ2v) is 5.28. The fourth-order valence-corrected chi connectivity index (χ4v) is 1.62. The van der Waals surface area contributed by atoms with Gasteiger partial charge in [0, 0.05) is 13.2 Å². The Morgan fingerprint density at radius 1 is 1.18 bits per heavy atom. The van der Waals surface area contributed by atoms with Crippen molar-refractivity contribution in [3.63, 3.8) is 0 Å². The largest absolute Gasteiger partial charge is 0.488 e. The molecule has 0 aliphatic heterocycles. The minimum atomic E-state index is -0.159. The van der Waals surface area contributed by atoms with Crippen LogP contribution in [-0.2, 0) is 11.2 Å². The lowest BCUT2D eigenvalue weighted by atomic mass is 10.1. The Labute approximate surface area is 104 Å². The standard InChI is InChI=1S/C14H23NO2/c1-14(2,3)17-13-7-5-11(6-8-13)9-12(15)10-16-4/h5-8,12H,9-10,15H2,1-4H3/t12-/m0/s1. The van der Waals surface area contributed by atoms with Crippen LogP contribution in [0.3, 0.4) is 0 Å². The van der Waals surface area contributed by atoms with Crippen LogP contribution >= 0.6 is 0 Å². The molecule has 0 amide bonds. The molecule has 0 saturated carbocycles. The molecule has 2 N–H and O–H groups in total. The molecular weight excluding hydrogens is 214 g/mol. The lowest BCUT2D eigenvalue weighted by molar-refractivity contribution is 0.131. The van der Waals surface area contributed by atoms with Crippen LogP contribution in [0.25, 0.3) is 0 Å². The SMILES string of the molecule is COC[C@@H](N)Cc1ccc(OC(C)(C)C)cc1. The summed E-state index contributed by atoms with van der Waals surface area (Å²) in [6.07, 6.45) is 0.823. The monoisotopic (exact) mass is 237 g/mol. The zero-order chi connectivity index (χ0) is 12.9. The molecule has 0 aliphatic rings. The molecule has 96 valence electrons. The van der Waals surface area contributed by atoms with E-state index in [9.17, 15) is 0 Å². The summed E-state index contributed by atoms with van der Waals surface area (Å²) in [5, 5.41) is 0. The Bertz CT molecular complexity index is 327. The smallest absolute Gasteiger partial charge is 0.120 e. The minimum absolute atomic E-state index is 0.0504. The molecule has 0 unspecified atom stereocenters. The van der Waals surface area contributed by atoms with Crippen LogP contribution in [0.1, 0.15) is 26.3 Å². The van der Waals surface area contributed by atoms with Crippen LogP contribution in [0.15, 0.2) is 24.3 Å². The predicted octanol–water partition coefficient (Wildman–Crippen LogP) is 2.38. The first kappa shape index (κ1) is 14.0. The molecule has 1 aromatic carbocycles. The van der Waals surface area contributed by atoms with Gasteiger partial charge in [0.1, 0.15) is 11.4 Å². The van der Waals surface area contributed by atoms with Crippen LogP contribution in [0.2, 0.25) is 0 Å². The molecule has 3 nitrogen and oxygen atoms in total. The highest BCUT2D eigenvalue weighted by molar-refractivity contribution is 5.28. The number of rotatable bonds is 5. The molecule has 17 heavy (non-hydrogen) atoms. The van der Waals surface area contributed by atoms with Crippen molar-refractivity contribution in [1.82, 2.24) is 0 Å². The molecule has 0 heterocycles. The van der Waals surface area contributed by atoms with Gasteiger partial charge < -0.3 is 15.2 Å². The second-order valence-electron chi connectivity index (χ2n) is 5.28. The van der Waals surface area contributed by atoms with E-state index < -0.39 is 0 Å². The van der Waals surface area contributed by atoms with Gasteiger partial charge in [-0.05, 0) is 44.9 Å². The number of ether oxygens (including phenoxy) is 2. The van der Waals surface area contributed by atoms with E-state index in [0.717, 1.165) is 12.2 Å². The third kappa shape index (κ3) is 5.71. The van der Waals surface area contributed by atoms with Crippen molar-refractivity contribution in [2.75, 3.05) is 13.7 Å². The fraction of sp³-hybridized carbons (Fsp3) is 0.571. The third-order valence-electron chi connectivity index (χ3n) is 2.23. The van der Waals surface area contributed by atoms with Crippen molar-refractivity contribution in [2.24, 2.45) is 5.73 Å². The molecule has 0 spiro atoms. The lowest BCUT2D eigenvalue weighted by Crippen LogP contribution is -2.28. The van der Waals surface area contributed by atoms with Gasteiger partial charge in [-0.2, -0.15) is 0 Å². The van der Waals surface area contributed by atoms with Gasteiger partial charge >= 0.3 is 0 Å². The van der Waals surface area contributed by atoms with Crippen molar-refractivity contribution in [3.8, 4) is 5.75 Å². The summed E-state index contributed by atoms with van der Waals surface area (Å²) in [7, 11) is 1.67. The molecule has 1 aromatic rings. The van der Waals surface area contributed by atoms with Crippen molar-refractivity contribution in [1.29, 1.82) is 0 Å². The van der Waals surface area contributed by atoms with Gasteiger partial charge in [-0.1, -0.05) is 12.1 Å². The molecule has 1 rings (SSSR count). The normalized spacial score (nSPS) is 13.5. The first-order valence-corrected chi connectivity index (χ1v) is 5.93. The maximum Gasteiger partial charge on any atom is 0.120 e.